The van der Waals surface area contributed by atoms with Crippen molar-refractivity contribution in [3.05, 3.63) is 0 Å². The van der Waals surface area contributed by atoms with Gasteiger partial charge in [-0.2, -0.15) is 0 Å². The Morgan fingerprint density at radius 1 is 0.810 bits per heavy atom. The van der Waals surface area contributed by atoms with E-state index in [0.717, 1.165) is 0 Å². The van der Waals surface area contributed by atoms with Crippen molar-refractivity contribution in [3.8, 4) is 0 Å². The minimum absolute atomic E-state index is 0.00861. The Hall–Kier alpha value is -0.360. The standard InChI is InChI=1S/C12H22O9/c13-3-9-5(15)1-7(17)12(21-9)20-8-2-6(16)11(18)19-10(8)4-14/h5-18H,1-4H2/t5-,6+,7+,8+,9?,10?,11?,12?/m1/s1. The number of ether oxygens (including phenoxy) is 3. The largest absolute Gasteiger partial charge is 0.394 e. The van der Waals surface area contributed by atoms with Crippen LogP contribution < -0.4 is 0 Å². The maximum atomic E-state index is 9.85. The number of aliphatic hydroxyl groups is 6. The van der Waals surface area contributed by atoms with Crippen LogP contribution >= 0.6 is 0 Å². The molecule has 2 saturated heterocycles. The van der Waals surface area contributed by atoms with Crippen molar-refractivity contribution in [1.29, 1.82) is 0 Å². The maximum Gasteiger partial charge on any atom is 0.184 e. The molecule has 0 saturated carbocycles. The highest BCUT2D eigenvalue weighted by atomic mass is 16.7. The molecule has 4 unspecified atom stereocenters. The molecule has 0 radical (unpaired) electrons. The summed E-state index contributed by atoms with van der Waals surface area (Å²) in [5.41, 5.74) is 0. The topological polar surface area (TPSA) is 149 Å². The molecule has 21 heavy (non-hydrogen) atoms. The van der Waals surface area contributed by atoms with Gasteiger partial charge in [0.1, 0.15) is 24.4 Å². The van der Waals surface area contributed by atoms with Crippen LogP contribution in [0, 0.1) is 0 Å². The Morgan fingerprint density at radius 2 is 1.48 bits per heavy atom. The van der Waals surface area contributed by atoms with E-state index >= 15 is 0 Å². The highest BCUT2D eigenvalue weighted by Crippen LogP contribution is 2.27. The third-order valence-electron chi connectivity index (χ3n) is 3.74. The fraction of sp³-hybridized carbons (Fsp3) is 1.00. The molecule has 2 aliphatic heterocycles. The first-order chi connectivity index (χ1) is 9.96. The zero-order valence-electron chi connectivity index (χ0n) is 11.4. The Balaban J connectivity index is 1.98. The lowest BCUT2D eigenvalue weighted by Crippen LogP contribution is -2.55. The molecule has 0 aliphatic carbocycles. The molecular weight excluding hydrogens is 288 g/mol. The summed E-state index contributed by atoms with van der Waals surface area (Å²) in [5.74, 6) is 0. The predicted molar refractivity (Wildman–Crippen MR) is 65.8 cm³/mol. The average molecular weight is 310 g/mol. The maximum absolute atomic E-state index is 9.85. The van der Waals surface area contributed by atoms with Gasteiger partial charge in [0.15, 0.2) is 12.6 Å². The molecule has 0 aromatic carbocycles. The third kappa shape index (κ3) is 3.89. The van der Waals surface area contributed by atoms with E-state index in [2.05, 4.69) is 0 Å². The summed E-state index contributed by atoms with van der Waals surface area (Å²) in [6, 6.07) is 0. The van der Waals surface area contributed by atoms with Crippen LogP contribution in [0.2, 0.25) is 0 Å². The van der Waals surface area contributed by atoms with E-state index in [1.54, 1.807) is 0 Å². The molecule has 0 bridgehead atoms. The first kappa shape index (κ1) is 17.0. The van der Waals surface area contributed by atoms with E-state index in [1.165, 1.54) is 0 Å². The predicted octanol–water partition coefficient (Wildman–Crippen LogP) is -3.34. The first-order valence-electron chi connectivity index (χ1n) is 6.86. The van der Waals surface area contributed by atoms with E-state index < -0.39 is 62.4 Å². The highest BCUT2D eigenvalue weighted by molar-refractivity contribution is 4.85. The third-order valence-corrected chi connectivity index (χ3v) is 3.74. The smallest absolute Gasteiger partial charge is 0.184 e. The zero-order chi connectivity index (χ0) is 15.6. The second kappa shape index (κ2) is 7.27. The Labute approximate surface area is 121 Å². The molecular formula is C12H22O9. The summed E-state index contributed by atoms with van der Waals surface area (Å²) in [6.45, 7) is -0.872. The molecule has 0 aromatic heterocycles. The van der Waals surface area contributed by atoms with Crippen molar-refractivity contribution in [3.63, 3.8) is 0 Å². The van der Waals surface area contributed by atoms with Gasteiger partial charge in [-0.15, -0.1) is 0 Å². The van der Waals surface area contributed by atoms with Crippen molar-refractivity contribution in [2.45, 2.75) is 62.0 Å². The van der Waals surface area contributed by atoms with Crippen LogP contribution in [-0.2, 0) is 14.2 Å². The summed E-state index contributed by atoms with van der Waals surface area (Å²) in [6.07, 6.45) is -8.45. The van der Waals surface area contributed by atoms with Gasteiger partial charge in [0.25, 0.3) is 0 Å². The highest BCUT2D eigenvalue weighted by Gasteiger charge is 2.42. The summed E-state index contributed by atoms with van der Waals surface area (Å²) in [5, 5.41) is 56.7. The van der Waals surface area contributed by atoms with Crippen molar-refractivity contribution in [1.82, 2.24) is 0 Å². The normalized spacial score (nSPS) is 48.3. The molecule has 2 heterocycles. The van der Waals surface area contributed by atoms with E-state index in [9.17, 15) is 25.5 Å². The van der Waals surface area contributed by atoms with E-state index in [0.29, 0.717) is 0 Å². The van der Waals surface area contributed by atoms with E-state index in [-0.39, 0.29) is 12.8 Å². The number of hydrogen-bond donors (Lipinski definition) is 6. The lowest BCUT2D eigenvalue weighted by atomic mass is 10.0. The van der Waals surface area contributed by atoms with Crippen LogP contribution in [0.25, 0.3) is 0 Å². The molecule has 6 N–H and O–H groups in total. The van der Waals surface area contributed by atoms with Crippen LogP contribution in [0.4, 0.5) is 0 Å². The van der Waals surface area contributed by atoms with Gasteiger partial charge in [-0.25, -0.2) is 0 Å². The molecule has 0 aromatic rings. The second-order valence-corrected chi connectivity index (χ2v) is 5.32. The fourth-order valence-corrected chi connectivity index (χ4v) is 2.49. The van der Waals surface area contributed by atoms with Gasteiger partial charge in [-0.05, 0) is 0 Å². The van der Waals surface area contributed by atoms with Gasteiger partial charge in [0, 0.05) is 12.8 Å². The van der Waals surface area contributed by atoms with Gasteiger partial charge in [-0.3, -0.25) is 0 Å². The van der Waals surface area contributed by atoms with Gasteiger partial charge in [0.2, 0.25) is 0 Å². The molecule has 9 heteroatoms. The van der Waals surface area contributed by atoms with Crippen LogP contribution in [0.15, 0.2) is 0 Å². The monoisotopic (exact) mass is 310 g/mol. The van der Waals surface area contributed by atoms with Crippen LogP contribution in [0.3, 0.4) is 0 Å². The number of hydrogen-bond acceptors (Lipinski definition) is 9. The Morgan fingerprint density at radius 3 is 2.10 bits per heavy atom. The molecule has 0 spiro atoms. The van der Waals surface area contributed by atoms with Gasteiger partial charge >= 0.3 is 0 Å². The lowest BCUT2D eigenvalue weighted by molar-refractivity contribution is -0.322. The average Bonchev–Trinajstić information content (AvgIpc) is 2.45. The molecule has 8 atom stereocenters. The molecule has 2 fully saturated rings. The molecule has 2 aliphatic rings. The fourth-order valence-electron chi connectivity index (χ4n) is 2.49. The summed E-state index contributed by atoms with van der Waals surface area (Å²) in [4.78, 5) is 0. The summed E-state index contributed by atoms with van der Waals surface area (Å²) in [7, 11) is 0. The SMILES string of the molecule is OCC1OC(O[C@H]2C[C@H](O)C(O)OC2CO)[C@@H](O)C[C@H]1O. The lowest BCUT2D eigenvalue weighted by Gasteiger charge is -2.41. The molecule has 2 rings (SSSR count). The van der Waals surface area contributed by atoms with Crippen LogP contribution in [0.5, 0.6) is 0 Å². The van der Waals surface area contributed by atoms with Crippen molar-refractivity contribution in [2.24, 2.45) is 0 Å². The van der Waals surface area contributed by atoms with Crippen LogP contribution in [0.1, 0.15) is 12.8 Å². The van der Waals surface area contributed by atoms with E-state index in [1.807, 2.05) is 0 Å². The molecule has 9 nitrogen and oxygen atoms in total. The molecule has 0 amide bonds. The van der Waals surface area contributed by atoms with Gasteiger partial charge < -0.3 is 44.8 Å². The number of aliphatic hydroxyl groups excluding tert-OH is 6. The van der Waals surface area contributed by atoms with Crippen LogP contribution in [-0.4, -0.2) is 93.1 Å². The quantitative estimate of drug-likeness (QED) is 0.313. The summed E-state index contributed by atoms with van der Waals surface area (Å²) >= 11 is 0. The van der Waals surface area contributed by atoms with E-state index in [4.69, 9.17) is 19.3 Å². The van der Waals surface area contributed by atoms with Gasteiger partial charge in [-0.1, -0.05) is 0 Å². The summed E-state index contributed by atoms with van der Waals surface area (Å²) < 4.78 is 15.8. The Bertz CT molecular complexity index is 328. The minimum Gasteiger partial charge on any atom is -0.394 e. The van der Waals surface area contributed by atoms with Gasteiger partial charge in [0.05, 0.1) is 25.4 Å². The van der Waals surface area contributed by atoms with Crippen molar-refractivity contribution < 1.29 is 44.8 Å². The first-order valence-corrected chi connectivity index (χ1v) is 6.86. The number of rotatable bonds is 4. The van der Waals surface area contributed by atoms with Crippen molar-refractivity contribution in [2.75, 3.05) is 13.2 Å². The minimum atomic E-state index is -1.41. The zero-order valence-corrected chi connectivity index (χ0v) is 11.4. The molecule has 124 valence electrons. The van der Waals surface area contributed by atoms with Crippen molar-refractivity contribution >= 4 is 0 Å². The second-order valence-electron chi connectivity index (χ2n) is 5.32. The Kier molecular flexibility index (Phi) is 5.88.